The number of para-hydroxylation sites is 1. The van der Waals surface area contributed by atoms with E-state index in [1.54, 1.807) is 36.4 Å². The summed E-state index contributed by atoms with van der Waals surface area (Å²) >= 11 is 5.84. The summed E-state index contributed by atoms with van der Waals surface area (Å²) in [6.45, 7) is 0. The second-order valence-corrected chi connectivity index (χ2v) is 5.95. The van der Waals surface area contributed by atoms with E-state index >= 15 is 0 Å². The third-order valence-electron chi connectivity index (χ3n) is 3.99. The van der Waals surface area contributed by atoms with E-state index in [1.165, 1.54) is 0 Å². The summed E-state index contributed by atoms with van der Waals surface area (Å²) in [6.07, 6.45) is 0. The van der Waals surface area contributed by atoms with E-state index in [0.29, 0.717) is 16.1 Å². The first kappa shape index (κ1) is 14.6. The van der Waals surface area contributed by atoms with Crippen molar-refractivity contribution in [3.63, 3.8) is 0 Å². The van der Waals surface area contributed by atoms with E-state index in [9.17, 15) is 9.90 Å². The fourth-order valence-corrected chi connectivity index (χ4v) is 2.96. The van der Waals surface area contributed by atoms with Gasteiger partial charge in [0.1, 0.15) is 5.75 Å². The maximum Gasteiger partial charge on any atom is 0.259 e. The van der Waals surface area contributed by atoms with Gasteiger partial charge in [-0.1, -0.05) is 29.8 Å². The first-order chi connectivity index (χ1) is 11.6. The molecule has 0 fully saturated rings. The number of carbonyl (C=O) groups is 1. The zero-order valence-corrected chi connectivity index (χ0v) is 13.3. The first-order valence-electron chi connectivity index (χ1n) is 7.43. The molecule has 4 rings (SSSR count). The SMILES string of the molecule is O=C(Nc1ccc(Cl)cc1)c1ccc2[nH]c3ccccc3c2c1O. The predicted molar refractivity (Wildman–Crippen MR) is 96.9 cm³/mol. The Morgan fingerprint density at radius 1 is 0.958 bits per heavy atom. The average molecular weight is 337 g/mol. The molecule has 0 saturated heterocycles. The molecule has 3 aromatic carbocycles. The number of phenolic OH excluding ortho intramolecular Hbond substituents is 1. The molecule has 1 amide bonds. The number of H-pyrrole nitrogens is 1. The molecular weight excluding hydrogens is 324 g/mol. The Hall–Kier alpha value is -2.98. The molecule has 1 aromatic heterocycles. The normalized spacial score (nSPS) is 11.0. The highest BCUT2D eigenvalue weighted by atomic mass is 35.5. The van der Waals surface area contributed by atoms with Crippen LogP contribution in [0.5, 0.6) is 5.75 Å². The molecule has 4 nitrogen and oxygen atoms in total. The lowest BCUT2D eigenvalue weighted by molar-refractivity contribution is 0.102. The molecule has 0 saturated carbocycles. The molecule has 5 heteroatoms. The lowest BCUT2D eigenvalue weighted by atomic mass is 10.1. The molecule has 0 unspecified atom stereocenters. The highest BCUT2D eigenvalue weighted by Crippen LogP contribution is 2.35. The smallest absolute Gasteiger partial charge is 0.259 e. The number of halogens is 1. The summed E-state index contributed by atoms with van der Waals surface area (Å²) < 4.78 is 0. The number of fused-ring (bicyclic) bond motifs is 3. The van der Waals surface area contributed by atoms with Gasteiger partial charge in [-0.3, -0.25) is 4.79 Å². The molecule has 3 N–H and O–H groups in total. The minimum Gasteiger partial charge on any atom is -0.506 e. The van der Waals surface area contributed by atoms with Crippen molar-refractivity contribution in [3.8, 4) is 5.75 Å². The first-order valence-corrected chi connectivity index (χ1v) is 7.80. The summed E-state index contributed by atoms with van der Waals surface area (Å²) in [5.41, 5.74) is 2.54. The Morgan fingerprint density at radius 2 is 1.71 bits per heavy atom. The number of carbonyl (C=O) groups excluding carboxylic acids is 1. The van der Waals surface area contributed by atoms with Crippen LogP contribution in [0, 0.1) is 0 Å². The number of rotatable bonds is 2. The number of aromatic amines is 1. The third kappa shape index (κ3) is 2.37. The van der Waals surface area contributed by atoms with Gasteiger partial charge in [-0.2, -0.15) is 0 Å². The Labute approximate surface area is 142 Å². The highest BCUT2D eigenvalue weighted by Gasteiger charge is 2.17. The number of aromatic nitrogens is 1. The van der Waals surface area contributed by atoms with Gasteiger partial charge in [0.25, 0.3) is 5.91 Å². The van der Waals surface area contributed by atoms with Crippen LogP contribution in [0.1, 0.15) is 10.4 Å². The molecule has 0 aliphatic rings. The summed E-state index contributed by atoms with van der Waals surface area (Å²) in [4.78, 5) is 15.7. The van der Waals surface area contributed by atoms with Crippen molar-refractivity contribution in [3.05, 3.63) is 71.2 Å². The van der Waals surface area contributed by atoms with Crippen LogP contribution >= 0.6 is 11.6 Å². The van der Waals surface area contributed by atoms with Crippen molar-refractivity contribution >= 4 is 45.0 Å². The topological polar surface area (TPSA) is 65.1 Å². The number of amides is 1. The summed E-state index contributed by atoms with van der Waals surface area (Å²) in [5.74, 6) is -0.404. The predicted octanol–water partition coefficient (Wildman–Crippen LogP) is 4.93. The van der Waals surface area contributed by atoms with Gasteiger partial charge in [-0.15, -0.1) is 0 Å². The van der Waals surface area contributed by atoms with Crippen LogP contribution in [0.25, 0.3) is 21.8 Å². The van der Waals surface area contributed by atoms with Gasteiger partial charge >= 0.3 is 0 Å². The quantitative estimate of drug-likeness (QED) is 0.486. The summed E-state index contributed by atoms with van der Waals surface area (Å²) in [7, 11) is 0. The largest absolute Gasteiger partial charge is 0.506 e. The van der Waals surface area contributed by atoms with Crippen LogP contribution in [0.2, 0.25) is 5.02 Å². The molecule has 118 valence electrons. The van der Waals surface area contributed by atoms with Gasteiger partial charge in [0, 0.05) is 27.0 Å². The maximum absolute atomic E-state index is 12.5. The van der Waals surface area contributed by atoms with E-state index < -0.39 is 0 Å². The Kier molecular flexibility index (Phi) is 3.40. The van der Waals surface area contributed by atoms with Crippen molar-refractivity contribution in [1.29, 1.82) is 0 Å². The number of hydrogen-bond donors (Lipinski definition) is 3. The zero-order chi connectivity index (χ0) is 16.7. The number of anilines is 1. The Morgan fingerprint density at radius 3 is 2.50 bits per heavy atom. The van der Waals surface area contributed by atoms with Gasteiger partial charge in [0.15, 0.2) is 0 Å². The summed E-state index contributed by atoms with van der Waals surface area (Å²) in [6, 6.07) is 17.9. The van der Waals surface area contributed by atoms with Gasteiger partial charge in [-0.05, 0) is 42.5 Å². The molecule has 4 aromatic rings. The monoisotopic (exact) mass is 336 g/mol. The van der Waals surface area contributed by atoms with E-state index in [2.05, 4.69) is 10.3 Å². The number of phenols is 1. The van der Waals surface area contributed by atoms with E-state index in [0.717, 1.165) is 16.4 Å². The number of hydrogen-bond acceptors (Lipinski definition) is 2. The molecule has 0 atom stereocenters. The maximum atomic E-state index is 12.5. The minimum atomic E-state index is -0.373. The lowest BCUT2D eigenvalue weighted by Crippen LogP contribution is -2.12. The van der Waals surface area contributed by atoms with Crippen LogP contribution < -0.4 is 5.32 Å². The fourth-order valence-electron chi connectivity index (χ4n) is 2.84. The number of benzene rings is 3. The molecule has 0 aliphatic heterocycles. The third-order valence-corrected chi connectivity index (χ3v) is 4.24. The van der Waals surface area contributed by atoms with Gasteiger partial charge in [-0.25, -0.2) is 0 Å². The molecule has 0 aliphatic carbocycles. The average Bonchev–Trinajstić information content (AvgIpc) is 2.96. The highest BCUT2D eigenvalue weighted by molar-refractivity contribution is 6.30. The molecule has 1 heterocycles. The molecule has 0 radical (unpaired) electrons. The Balaban J connectivity index is 1.78. The van der Waals surface area contributed by atoms with Gasteiger partial charge in [0.2, 0.25) is 0 Å². The lowest BCUT2D eigenvalue weighted by Gasteiger charge is -2.08. The molecule has 24 heavy (non-hydrogen) atoms. The Bertz CT molecular complexity index is 1070. The zero-order valence-electron chi connectivity index (χ0n) is 12.5. The van der Waals surface area contributed by atoms with Crippen molar-refractivity contribution < 1.29 is 9.90 Å². The van der Waals surface area contributed by atoms with E-state index in [1.807, 2.05) is 24.3 Å². The second kappa shape index (κ2) is 5.58. The standard InChI is InChI=1S/C19H13ClN2O2/c20-11-5-7-12(8-6-11)21-19(24)14-9-10-16-17(18(14)23)13-3-1-2-4-15(13)22-16/h1-10,22-23H,(H,21,24). The van der Waals surface area contributed by atoms with E-state index in [-0.39, 0.29) is 17.2 Å². The van der Waals surface area contributed by atoms with Crippen LogP contribution in [-0.4, -0.2) is 16.0 Å². The number of aromatic hydroxyl groups is 1. The van der Waals surface area contributed by atoms with Crippen LogP contribution in [0.15, 0.2) is 60.7 Å². The van der Waals surface area contributed by atoms with Crippen LogP contribution in [-0.2, 0) is 0 Å². The van der Waals surface area contributed by atoms with Crippen molar-refractivity contribution in [2.24, 2.45) is 0 Å². The fraction of sp³-hybridized carbons (Fsp3) is 0. The van der Waals surface area contributed by atoms with Crippen LogP contribution in [0.3, 0.4) is 0 Å². The second-order valence-electron chi connectivity index (χ2n) is 5.52. The minimum absolute atomic E-state index is 0.0311. The van der Waals surface area contributed by atoms with E-state index in [4.69, 9.17) is 11.6 Å². The molecular formula is C19H13ClN2O2. The summed E-state index contributed by atoms with van der Waals surface area (Å²) in [5, 5.41) is 15.5. The van der Waals surface area contributed by atoms with Gasteiger partial charge < -0.3 is 15.4 Å². The van der Waals surface area contributed by atoms with Crippen molar-refractivity contribution in [2.75, 3.05) is 5.32 Å². The van der Waals surface area contributed by atoms with Crippen LogP contribution in [0.4, 0.5) is 5.69 Å². The van der Waals surface area contributed by atoms with Crippen molar-refractivity contribution in [2.45, 2.75) is 0 Å². The number of nitrogens with one attached hydrogen (secondary N) is 2. The van der Waals surface area contributed by atoms with Gasteiger partial charge in [0.05, 0.1) is 11.1 Å². The molecule has 0 spiro atoms. The van der Waals surface area contributed by atoms with Crippen molar-refractivity contribution in [1.82, 2.24) is 4.98 Å². The molecule has 0 bridgehead atoms.